The minimum Gasteiger partial charge on any atom is -0.349 e. The molecule has 2 heteroatoms. The number of rotatable bonds is 8. The molecule has 2 nitrogen and oxygen atoms in total. The quantitative estimate of drug-likeness (QED) is 0.320. The van der Waals surface area contributed by atoms with Gasteiger partial charge >= 0.3 is 0 Å². The summed E-state index contributed by atoms with van der Waals surface area (Å²) in [5, 5.41) is 0. The summed E-state index contributed by atoms with van der Waals surface area (Å²) >= 11 is 0. The highest BCUT2D eigenvalue weighted by Gasteiger charge is 2.27. The Bertz CT molecular complexity index is 421. The van der Waals surface area contributed by atoms with Crippen LogP contribution in [0.25, 0.3) is 0 Å². The Hall–Kier alpha value is -0.860. The highest BCUT2D eigenvalue weighted by atomic mass is 16.7. The zero-order chi connectivity index (χ0) is 16.6. The van der Waals surface area contributed by atoms with E-state index in [1.165, 1.54) is 24.8 Å². The van der Waals surface area contributed by atoms with Crippen molar-refractivity contribution in [2.75, 3.05) is 13.2 Å². The molecule has 0 aliphatic heterocycles. The first-order valence-corrected chi connectivity index (χ1v) is 8.68. The highest BCUT2D eigenvalue weighted by Crippen LogP contribution is 2.41. The minimum atomic E-state index is -0.231. The van der Waals surface area contributed by atoms with Gasteiger partial charge in [0.05, 0.1) is 0 Å². The molecule has 0 amide bonds. The second kappa shape index (κ2) is 9.32. The number of hydrogen-bond acceptors (Lipinski definition) is 2. The molecule has 0 unspecified atom stereocenters. The molecule has 1 rings (SSSR count). The van der Waals surface area contributed by atoms with Crippen molar-refractivity contribution in [3.63, 3.8) is 0 Å². The van der Waals surface area contributed by atoms with Crippen molar-refractivity contribution < 1.29 is 9.47 Å². The van der Waals surface area contributed by atoms with E-state index in [-0.39, 0.29) is 6.29 Å². The fourth-order valence-corrected chi connectivity index (χ4v) is 3.17. The summed E-state index contributed by atoms with van der Waals surface area (Å²) in [6, 6.07) is 0. The Balaban J connectivity index is 2.68. The molecule has 0 bridgehead atoms. The molecule has 0 saturated carbocycles. The first-order chi connectivity index (χ1) is 10.4. The lowest BCUT2D eigenvalue weighted by Crippen LogP contribution is -2.20. The van der Waals surface area contributed by atoms with Crippen molar-refractivity contribution in [3.8, 4) is 0 Å². The summed E-state index contributed by atoms with van der Waals surface area (Å²) in [5.74, 6) is 0. The van der Waals surface area contributed by atoms with Crippen molar-refractivity contribution in [1.82, 2.24) is 0 Å². The van der Waals surface area contributed by atoms with Gasteiger partial charge in [0.15, 0.2) is 6.29 Å². The predicted molar refractivity (Wildman–Crippen MR) is 94.9 cm³/mol. The van der Waals surface area contributed by atoms with Crippen molar-refractivity contribution in [2.45, 2.75) is 73.5 Å². The first kappa shape index (κ1) is 19.2. The van der Waals surface area contributed by atoms with Gasteiger partial charge < -0.3 is 9.47 Å². The van der Waals surface area contributed by atoms with E-state index in [1.54, 1.807) is 11.1 Å². The van der Waals surface area contributed by atoms with E-state index in [9.17, 15) is 0 Å². The average molecular weight is 306 g/mol. The van der Waals surface area contributed by atoms with E-state index in [0.717, 1.165) is 6.42 Å². The molecular formula is C20H34O2. The van der Waals surface area contributed by atoms with E-state index in [1.807, 2.05) is 19.9 Å². The van der Waals surface area contributed by atoms with Gasteiger partial charge in [-0.3, -0.25) is 0 Å². The van der Waals surface area contributed by atoms with Crippen LogP contribution in [0, 0.1) is 5.41 Å². The molecule has 0 N–H and O–H groups in total. The van der Waals surface area contributed by atoms with Crippen LogP contribution < -0.4 is 0 Å². The van der Waals surface area contributed by atoms with E-state index in [0.29, 0.717) is 18.6 Å². The van der Waals surface area contributed by atoms with E-state index >= 15 is 0 Å². The van der Waals surface area contributed by atoms with E-state index < -0.39 is 0 Å². The van der Waals surface area contributed by atoms with Gasteiger partial charge in [-0.25, -0.2) is 0 Å². The average Bonchev–Trinajstić information content (AvgIpc) is 2.44. The van der Waals surface area contributed by atoms with Crippen molar-refractivity contribution in [1.29, 1.82) is 0 Å². The maximum Gasteiger partial charge on any atom is 0.177 e. The zero-order valence-corrected chi connectivity index (χ0v) is 15.4. The molecule has 1 aliphatic carbocycles. The Morgan fingerprint density at radius 1 is 1.23 bits per heavy atom. The zero-order valence-electron chi connectivity index (χ0n) is 15.4. The van der Waals surface area contributed by atoms with E-state index in [4.69, 9.17) is 9.47 Å². The Morgan fingerprint density at radius 2 is 1.86 bits per heavy atom. The van der Waals surface area contributed by atoms with Crippen LogP contribution in [-0.4, -0.2) is 19.5 Å². The maximum atomic E-state index is 5.53. The van der Waals surface area contributed by atoms with Gasteiger partial charge in [0.25, 0.3) is 0 Å². The third-order valence-corrected chi connectivity index (χ3v) is 4.49. The lowest BCUT2D eigenvalue weighted by atomic mass is 9.71. The molecule has 0 fully saturated rings. The first-order valence-electron chi connectivity index (χ1n) is 8.68. The fourth-order valence-electron chi connectivity index (χ4n) is 3.17. The van der Waals surface area contributed by atoms with Crippen LogP contribution >= 0.6 is 0 Å². The minimum absolute atomic E-state index is 0.231. The Morgan fingerprint density at radius 3 is 2.41 bits per heavy atom. The van der Waals surface area contributed by atoms with Crippen LogP contribution in [0.3, 0.4) is 0 Å². The second-order valence-corrected chi connectivity index (χ2v) is 6.79. The Labute approximate surface area is 137 Å². The van der Waals surface area contributed by atoms with E-state index in [2.05, 4.69) is 39.8 Å². The normalized spacial score (nSPS) is 19.5. The standard InChI is InChI=1S/C20H34O2/c1-7-21-19(22-8-2)14-12-16(3)11-13-18-17(4)10-9-15-20(18,5)6/h11-12,14,19H,7-10,13,15H2,1-6H3/b14-12+,16-11+. The summed E-state index contributed by atoms with van der Waals surface area (Å²) in [6.07, 6.45) is 11.2. The molecule has 0 aromatic rings. The van der Waals surface area contributed by atoms with Crippen molar-refractivity contribution in [2.24, 2.45) is 5.41 Å². The van der Waals surface area contributed by atoms with Gasteiger partial charge in [-0.15, -0.1) is 0 Å². The van der Waals surface area contributed by atoms with Gasteiger partial charge in [-0.1, -0.05) is 42.7 Å². The smallest absolute Gasteiger partial charge is 0.177 e. The molecule has 22 heavy (non-hydrogen) atoms. The summed E-state index contributed by atoms with van der Waals surface area (Å²) in [6.45, 7) is 14.5. The molecule has 0 heterocycles. The maximum absolute atomic E-state index is 5.53. The number of ether oxygens (including phenoxy) is 2. The molecule has 0 saturated heterocycles. The molecule has 1 aliphatic rings. The van der Waals surface area contributed by atoms with Gasteiger partial charge in [0.2, 0.25) is 0 Å². The van der Waals surface area contributed by atoms with Crippen molar-refractivity contribution in [3.05, 3.63) is 34.9 Å². The second-order valence-electron chi connectivity index (χ2n) is 6.79. The van der Waals surface area contributed by atoms with Crippen LogP contribution in [0.1, 0.15) is 67.2 Å². The molecule has 0 radical (unpaired) electrons. The lowest BCUT2D eigenvalue weighted by molar-refractivity contribution is -0.103. The summed E-state index contributed by atoms with van der Waals surface area (Å²) in [5.41, 5.74) is 4.83. The molecule has 0 spiro atoms. The van der Waals surface area contributed by atoms with Gasteiger partial charge in [-0.2, -0.15) is 0 Å². The summed E-state index contributed by atoms with van der Waals surface area (Å²) in [7, 11) is 0. The Kier molecular flexibility index (Phi) is 8.13. The largest absolute Gasteiger partial charge is 0.349 e. The van der Waals surface area contributed by atoms with Crippen molar-refractivity contribution >= 4 is 0 Å². The van der Waals surface area contributed by atoms with Crippen LogP contribution in [0.4, 0.5) is 0 Å². The number of allylic oxidation sites excluding steroid dienone is 5. The van der Waals surface area contributed by atoms with Crippen LogP contribution in [-0.2, 0) is 9.47 Å². The fraction of sp³-hybridized carbons (Fsp3) is 0.700. The molecular weight excluding hydrogens is 272 g/mol. The van der Waals surface area contributed by atoms with Crippen LogP contribution in [0.15, 0.2) is 34.9 Å². The van der Waals surface area contributed by atoms with Crippen LogP contribution in [0.5, 0.6) is 0 Å². The summed E-state index contributed by atoms with van der Waals surface area (Å²) in [4.78, 5) is 0. The molecule has 126 valence electrons. The molecule has 0 aromatic heterocycles. The van der Waals surface area contributed by atoms with Gasteiger partial charge in [-0.05, 0) is 64.9 Å². The summed E-state index contributed by atoms with van der Waals surface area (Å²) < 4.78 is 11.1. The third kappa shape index (κ3) is 6.10. The van der Waals surface area contributed by atoms with Crippen LogP contribution in [0.2, 0.25) is 0 Å². The lowest BCUT2D eigenvalue weighted by Gasteiger charge is -2.34. The molecule has 0 atom stereocenters. The monoisotopic (exact) mass is 306 g/mol. The molecule has 0 aromatic carbocycles. The number of hydrogen-bond donors (Lipinski definition) is 0. The van der Waals surface area contributed by atoms with Gasteiger partial charge in [0.1, 0.15) is 0 Å². The van der Waals surface area contributed by atoms with Gasteiger partial charge in [0, 0.05) is 13.2 Å². The SMILES string of the molecule is CCOC(/C=C/C(C)=C/CC1=C(C)CCCC1(C)C)OCC. The third-order valence-electron chi connectivity index (χ3n) is 4.49. The topological polar surface area (TPSA) is 18.5 Å². The predicted octanol–water partition coefficient (Wildman–Crippen LogP) is 5.80. The highest BCUT2D eigenvalue weighted by molar-refractivity contribution is 5.27.